The van der Waals surface area contributed by atoms with Crippen LogP contribution in [-0.4, -0.2) is 55.3 Å². The molecule has 1 fully saturated rings. The molecule has 0 atom stereocenters. The number of allylic oxidation sites excluding steroid dienone is 1. The minimum atomic E-state index is -4.98. The third-order valence-corrected chi connectivity index (χ3v) is 8.03. The molecule has 44 heavy (non-hydrogen) atoms. The van der Waals surface area contributed by atoms with Crippen LogP contribution in [-0.2, 0) is 12.4 Å². The highest BCUT2D eigenvalue weighted by molar-refractivity contribution is 6.40. The summed E-state index contributed by atoms with van der Waals surface area (Å²) < 4.78 is 86.6. The molecule has 0 saturated carbocycles. The number of rotatable bonds is 3. The second kappa shape index (κ2) is 10.2. The van der Waals surface area contributed by atoms with Gasteiger partial charge in [-0.1, -0.05) is 17.3 Å². The maximum Gasteiger partial charge on any atom is 0.553 e. The fourth-order valence-electron chi connectivity index (χ4n) is 5.90. The Morgan fingerprint density at radius 1 is 0.795 bits per heavy atom. The van der Waals surface area contributed by atoms with Gasteiger partial charge in [-0.25, -0.2) is 4.68 Å². The van der Waals surface area contributed by atoms with Crippen molar-refractivity contribution in [3.63, 3.8) is 0 Å². The monoisotopic (exact) mass is 607 g/mol. The Morgan fingerprint density at radius 2 is 1.48 bits per heavy atom. The molecule has 5 heterocycles. The van der Waals surface area contributed by atoms with Gasteiger partial charge >= 0.3 is 19.9 Å². The lowest BCUT2D eigenvalue weighted by atomic mass is 9.91. The van der Waals surface area contributed by atoms with Crippen molar-refractivity contribution in [2.24, 2.45) is 0 Å². The second-order valence-corrected chi connectivity index (χ2v) is 10.9. The van der Waals surface area contributed by atoms with Crippen molar-refractivity contribution in [3.05, 3.63) is 101 Å². The van der Waals surface area contributed by atoms with E-state index in [-0.39, 0.29) is 17.3 Å². The second-order valence-electron chi connectivity index (χ2n) is 10.9. The Balaban J connectivity index is 1.33. The smallest absolute Gasteiger partial charge is 0.399 e. The van der Waals surface area contributed by atoms with Crippen molar-refractivity contribution in [3.8, 4) is 17.1 Å². The van der Waals surface area contributed by atoms with Crippen molar-refractivity contribution >= 4 is 24.6 Å². The van der Waals surface area contributed by atoms with Crippen LogP contribution in [0.2, 0.25) is 0 Å². The van der Waals surface area contributed by atoms with Crippen LogP contribution >= 0.6 is 0 Å². The summed E-state index contributed by atoms with van der Waals surface area (Å²) in [5.41, 5.74) is 6.91. The molecule has 1 saturated heterocycles. The number of halogens is 6. The number of nitrogens with two attached hydrogens (primary N) is 1. The lowest BCUT2D eigenvalue weighted by molar-refractivity contribution is -0.539. The van der Waals surface area contributed by atoms with Gasteiger partial charge in [0.2, 0.25) is 0 Å². The van der Waals surface area contributed by atoms with Crippen molar-refractivity contribution in [2.45, 2.75) is 31.6 Å². The molecule has 1 radical (unpaired) electrons. The van der Waals surface area contributed by atoms with Crippen molar-refractivity contribution in [1.29, 1.82) is 0 Å². The predicted molar refractivity (Wildman–Crippen MR) is 153 cm³/mol. The first-order chi connectivity index (χ1) is 21.0. The van der Waals surface area contributed by atoms with Gasteiger partial charge in [-0.2, -0.15) is 26.3 Å². The van der Waals surface area contributed by atoms with E-state index < -0.39 is 23.5 Å². The molecular formula is C30H24BF6N7+. The van der Waals surface area contributed by atoms with Crippen LogP contribution < -0.4 is 5.73 Å². The van der Waals surface area contributed by atoms with Crippen LogP contribution in [0.4, 0.5) is 32.0 Å². The summed E-state index contributed by atoms with van der Waals surface area (Å²) in [6.07, 6.45) is -1.13. The van der Waals surface area contributed by atoms with Crippen LogP contribution in [0.25, 0.3) is 22.6 Å². The molecular weight excluding hydrogens is 583 g/mol. The third kappa shape index (κ3) is 4.87. The van der Waals surface area contributed by atoms with E-state index in [1.54, 1.807) is 6.07 Å². The number of nitrogen functional groups attached to an aromatic ring is 1. The summed E-state index contributed by atoms with van der Waals surface area (Å²) in [5, 5.41) is 8.08. The summed E-state index contributed by atoms with van der Waals surface area (Å²) in [5.74, 6) is 1.51. The molecule has 223 valence electrons. The number of alkyl halides is 6. The highest BCUT2D eigenvalue weighted by Crippen LogP contribution is 2.40. The summed E-state index contributed by atoms with van der Waals surface area (Å²) in [6, 6.07) is 12.6. The van der Waals surface area contributed by atoms with E-state index in [9.17, 15) is 26.3 Å². The zero-order chi connectivity index (χ0) is 30.8. The number of nitrogens with zero attached hydrogens (tertiary/aromatic N) is 6. The average molecular weight is 607 g/mol. The van der Waals surface area contributed by atoms with Crippen LogP contribution in [0.5, 0.6) is 0 Å². The summed E-state index contributed by atoms with van der Waals surface area (Å²) in [7, 11) is 1.91. The summed E-state index contributed by atoms with van der Waals surface area (Å²) in [6.45, 7) is 1.84. The number of piperidine rings is 1. The molecule has 2 N–H and O–H groups in total. The lowest BCUT2D eigenvalue weighted by Gasteiger charge is -2.27. The molecule has 0 spiro atoms. The Bertz CT molecular complexity index is 1820. The van der Waals surface area contributed by atoms with Gasteiger partial charge in [0.1, 0.15) is 17.2 Å². The largest absolute Gasteiger partial charge is 0.553 e. The quantitative estimate of drug-likeness (QED) is 0.135. The molecule has 0 unspecified atom stereocenters. The first-order valence-corrected chi connectivity index (χ1v) is 14.0. The normalized spacial score (nSPS) is 16.8. The number of benzene rings is 2. The molecule has 2 aromatic heterocycles. The Morgan fingerprint density at radius 3 is 2.14 bits per heavy atom. The summed E-state index contributed by atoms with van der Waals surface area (Å²) >= 11 is 0. The molecule has 0 aliphatic carbocycles. The standard InChI is InChI=1S/C30H23BF6N7/c32-29(33,34)20-14-19(15-21(16-20)30(35,36)37)23-17-42(40-39-23)27-11-9-25-28(18-4-6-22(38)7-5-18)24-8-10-26(43(24)31-44(25)27)41-12-2-1-3-13-41/h4-11,14-17,38H,1-3,12-13H2/p+1. The van der Waals surface area contributed by atoms with Gasteiger partial charge in [0, 0.05) is 28.6 Å². The van der Waals surface area contributed by atoms with Crippen LogP contribution in [0.15, 0.2) is 78.6 Å². The molecule has 4 aromatic rings. The third-order valence-electron chi connectivity index (χ3n) is 8.03. The Labute approximate surface area is 248 Å². The van der Waals surface area contributed by atoms with Gasteiger partial charge in [0.05, 0.1) is 30.4 Å². The molecule has 2 aromatic carbocycles. The number of amidine groups is 1. The molecule has 7 nitrogen and oxygen atoms in total. The van der Waals surface area contributed by atoms with Gasteiger partial charge in [0.25, 0.3) is 5.84 Å². The number of hydrogen-bond acceptors (Lipinski definition) is 3. The maximum absolute atomic E-state index is 13.5. The van der Waals surface area contributed by atoms with E-state index in [0.29, 0.717) is 23.6 Å². The van der Waals surface area contributed by atoms with E-state index >= 15 is 0 Å². The molecule has 0 bridgehead atoms. The van der Waals surface area contributed by atoms with Gasteiger partial charge in [-0.15, -0.1) is 5.10 Å². The van der Waals surface area contributed by atoms with Crippen molar-refractivity contribution < 1.29 is 30.9 Å². The van der Waals surface area contributed by atoms with E-state index in [2.05, 4.69) is 31.9 Å². The number of aromatic nitrogens is 4. The number of fused-ring (bicyclic) bond motifs is 2. The van der Waals surface area contributed by atoms with E-state index in [1.165, 1.54) is 17.3 Å². The van der Waals surface area contributed by atoms with Gasteiger partial charge in [-0.05, 0) is 73.4 Å². The van der Waals surface area contributed by atoms with Gasteiger partial charge in [-0.3, -0.25) is 9.39 Å². The van der Waals surface area contributed by atoms with Crippen molar-refractivity contribution in [1.82, 2.24) is 24.3 Å². The predicted octanol–water partition coefficient (Wildman–Crippen LogP) is 5.98. The van der Waals surface area contributed by atoms with E-state index in [0.717, 1.165) is 54.3 Å². The van der Waals surface area contributed by atoms with Crippen molar-refractivity contribution in [2.75, 3.05) is 18.8 Å². The molecule has 7 rings (SSSR count). The SMILES string of the molecule is Nc1ccc(C2=C3C=CC(=[N+]4CCCCC4)N3[B]n3c2ccc3-n2cc(-c3cc(C(F)(F)F)cc(C(F)(F)F)c3)nn2)cc1. The van der Waals surface area contributed by atoms with Gasteiger partial charge < -0.3 is 10.2 Å². The first kappa shape index (κ1) is 28.1. The minimum absolute atomic E-state index is 0.0927. The Kier molecular flexibility index (Phi) is 6.48. The van der Waals surface area contributed by atoms with Crippen LogP contribution in [0.1, 0.15) is 41.6 Å². The maximum atomic E-state index is 13.5. The molecule has 3 aliphatic rings. The van der Waals surface area contributed by atoms with Crippen LogP contribution in [0, 0.1) is 0 Å². The molecule has 3 aliphatic heterocycles. The van der Waals surface area contributed by atoms with Crippen LogP contribution in [0.3, 0.4) is 0 Å². The van der Waals surface area contributed by atoms with E-state index in [4.69, 9.17) is 5.73 Å². The highest BCUT2D eigenvalue weighted by Gasteiger charge is 2.41. The fraction of sp³-hybridized carbons (Fsp3) is 0.233. The number of anilines is 1. The zero-order valence-electron chi connectivity index (χ0n) is 23.1. The zero-order valence-corrected chi connectivity index (χ0v) is 23.1. The number of hydrogen-bond donors (Lipinski definition) is 1. The molecule has 0 amide bonds. The average Bonchev–Trinajstić information content (AvgIpc) is 3.74. The van der Waals surface area contributed by atoms with E-state index in [1.807, 2.05) is 42.4 Å². The fourth-order valence-corrected chi connectivity index (χ4v) is 5.90. The topological polar surface area (TPSA) is 67.9 Å². The molecule has 14 heteroatoms. The Hall–Kier alpha value is -4.75. The minimum Gasteiger partial charge on any atom is -0.399 e. The first-order valence-electron chi connectivity index (χ1n) is 14.0. The summed E-state index contributed by atoms with van der Waals surface area (Å²) in [4.78, 5) is 2.09. The lowest BCUT2D eigenvalue weighted by Crippen LogP contribution is -2.43. The highest BCUT2D eigenvalue weighted by atomic mass is 19.4. The van der Waals surface area contributed by atoms with Gasteiger partial charge in [0.15, 0.2) is 0 Å².